The number of carboxylic acids is 1. The Morgan fingerprint density at radius 2 is 1.64 bits per heavy atom. The van der Waals surface area contributed by atoms with Gasteiger partial charge in [-0.3, -0.25) is 4.79 Å². The third-order valence-corrected chi connectivity index (χ3v) is 6.79. The van der Waals surface area contributed by atoms with Crippen molar-refractivity contribution in [3.05, 3.63) is 113 Å². The van der Waals surface area contributed by atoms with E-state index in [1.165, 1.54) is 5.56 Å². The van der Waals surface area contributed by atoms with Crippen molar-refractivity contribution < 1.29 is 53.7 Å². The van der Waals surface area contributed by atoms with Crippen LogP contribution in [0.1, 0.15) is 33.8 Å². The summed E-state index contributed by atoms with van der Waals surface area (Å²) in [7, 11) is 0. The number of hydrogen-bond donors (Lipinski definition) is 1. The van der Waals surface area contributed by atoms with Crippen molar-refractivity contribution in [1.82, 2.24) is 5.32 Å². The third kappa shape index (κ3) is 7.02. The van der Waals surface area contributed by atoms with Crippen molar-refractivity contribution in [3.8, 4) is 28.4 Å². The summed E-state index contributed by atoms with van der Waals surface area (Å²) in [6.07, 6.45) is 1.05. The van der Waals surface area contributed by atoms with E-state index in [-0.39, 0.29) is 47.1 Å². The summed E-state index contributed by atoms with van der Waals surface area (Å²) < 4.78 is 11.5. The van der Waals surface area contributed by atoms with Gasteiger partial charge in [-0.2, -0.15) is 0 Å². The summed E-state index contributed by atoms with van der Waals surface area (Å²) in [4.78, 5) is 24.0. The van der Waals surface area contributed by atoms with E-state index in [1.54, 1.807) is 36.4 Å². The van der Waals surface area contributed by atoms with Crippen LogP contribution in [0.5, 0.6) is 17.2 Å². The number of amides is 1. The molecule has 0 aliphatic carbocycles. The molecule has 1 heterocycles. The second kappa shape index (κ2) is 13.2. The van der Waals surface area contributed by atoms with Crippen molar-refractivity contribution in [2.75, 3.05) is 13.2 Å². The second-order valence-electron chi connectivity index (χ2n) is 9.02. The number of ether oxygens (including phenoxy) is 2. The summed E-state index contributed by atoms with van der Waals surface area (Å²) in [5, 5.41) is 14.6. The van der Waals surface area contributed by atoms with Crippen LogP contribution in [0.4, 0.5) is 0 Å². The maximum Gasteiger partial charge on any atom is 1.00 e. The van der Waals surface area contributed by atoms with Crippen LogP contribution in [0, 0.1) is 0 Å². The van der Waals surface area contributed by atoms with Gasteiger partial charge in [0.05, 0.1) is 11.6 Å². The molecule has 0 radical (unpaired) electrons. The Labute approximate surface area is 254 Å². The van der Waals surface area contributed by atoms with E-state index in [4.69, 9.17) is 21.1 Å². The predicted octanol–water partition coefficient (Wildman–Crippen LogP) is 2.39. The van der Waals surface area contributed by atoms with Gasteiger partial charge >= 0.3 is 29.6 Å². The molecule has 1 aliphatic rings. The first kappa shape index (κ1) is 28.7. The first-order valence-electron chi connectivity index (χ1n) is 12.4. The van der Waals surface area contributed by atoms with Gasteiger partial charge in [0, 0.05) is 35.6 Å². The van der Waals surface area contributed by atoms with Crippen LogP contribution in [0.3, 0.4) is 0 Å². The summed E-state index contributed by atoms with van der Waals surface area (Å²) in [6.45, 7) is 0.787. The van der Waals surface area contributed by atoms with Gasteiger partial charge in [-0.05, 0) is 59.9 Å². The molecular weight excluding hydrogens is 525 g/mol. The first-order chi connectivity index (χ1) is 18.5. The number of fused-ring (bicyclic) bond motifs is 1. The molecule has 0 aromatic heterocycles. The molecule has 39 heavy (non-hydrogen) atoms. The number of benzene rings is 4. The van der Waals surface area contributed by atoms with E-state index in [1.807, 2.05) is 18.2 Å². The standard InChI is InChI=1S/C31H26ClNO5.Na/c32-27-18-26-25(31(35)36)15-17-37-28(26)19-29(27)38-24-12-10-23(11-13-24)30(34)33-16-14-20-6-8-22(9-7-20)21-4-2-1-3-5-21;/h1-13,18-19,25H,14-17H2,(H,33,34)(H,35,36);/q;+1/p-1. The average Bonchev–Trinajstić information content (AvgIpc) is 2.94. The zero-order valence-electron chi connectivity index (χ0n) is 21.5. The minimum Gasteiger partial charge on any atom is -0.549 e. The quantitative estimate of drug-likeness (QED) is 0.341. The van der Waals surface area contributed by atoms with E-state index >= 15 is 0 Å². The van der Waals surface area contributed by atoms with Crippen molar-refractivity contribution >= 4 is 23.5 Å². The Balaban J connectivity index is 0.00000353. The molecule has 192 valence electrons. The van der Waals surface area contributed by atoms with Gasteiger partial charge in [0.1, 0.15) is 17.2 Å². The van der Waals surface area contributed by atoms with Gasteiger partial charge in [0.2, 0.25) is 0 Å². The molecule has 1 aliphatic heterocycles. The molecule has 0 saturated heterocycles. The molecule has 0 fully saturated rings. The van der Waals surface area contributed by atoms with Gasteiger partial charge in [0.15, 0.2) is 0 Å². The normalized spacial score (nSPS) is 13.8. The van der Waals surface area contributed by atoms with Gasteiger partial charge in [-0.15, -0.1) is 0 Å². The molecular formula is C31H25ClNNaO5. The average molecular weight is 550 g/mol. The van der Waals surface area contributed by atoms with Gasteiger partial charge in [0.25, 0.3) is 5.91 Å². The van der Waals surface area contributed by atoms with E-state index in [2.05, 4.69) is 41.7 Å². The van der Waals surface area contributed by atoms with Crippen molar-refractivity contribution in [3.63, 3.8) is 0 Å². The number of carboxylic acid groups (broad SMARTS) is 1. The van der Waals surface area contributed by atoms with Crippen LogP contribution < -0.4 is 49.5 Å². The van der Waals surface area contributed by atoms with Crippen LogP contribution >= 0.6 is 11.6 Å². The fourth-order valence-corrected chi connectivity index (χ4v) is 4.64. The molecule has 4 aromatic rings. The van der Waals surface area contributed by atoms with Crippen molar-refractivity contribution in [1.29, 1.82) is 0 Å². The zero-order chi connectivity index (χ0) is 26.5. The molecule has 8 heteroatoms. The molecule has 6 nitrogen and oxygen atoms in total. The Bertz CT molecular complexity index is 1440. The maximum atomic E-state index is 12.6. The molecule has 1 N–H and O–H groups in total. The fraction of sp³-hybridized carbons (Fsp3) is 0.161. The number of halogens is 1. The third-order valence-electron chi connectivity index (χ3n) is 6.49. The molecule has 0 saturated carbocycles. The van der Waals surface area contributed by atoms with Crippen LogP contribution in [-0.2, 0) is 11.2 Å². The smallest absolute Gasteiger partial charge is 0.549 e. The molecule has 0 spiro atoms. The Morgan fingerprint density at radius 1 is 0.949 bits per heavy atom. The monoisotopic (exact) mass is 549 g/mol. The Kier molecular flexibility index (Phi) is 9.70. The van der Waals surface area contributed by atoms with Gasteiger partial charge in [-0.1, -0.05) is 66.2 Å². The van der Waals surface area contributed by atoms with Crippen LogP contribution in [-0.4, -0.2) is 25.0 Å². The molecule has 1 atom stereocenters. The first-order valence-corrected chi connectivity index (χ1v) is 12.7. The van der Waals surface area contributed by atoms with E-state index in [0.29, 0.717) is 41.3 Å². The largest absolute Gasteiger partial charge is 1.00 e. The number of carbonyl (C=O) groups is 2. The van der Waals surface area contributed by atoms with E-state index in [0.717, 1.165) is 17.5 Å². The van der Waals surface area contributed by atoms with Crippen LogP contribution in [0.2, 0.25) is 5.02 Å². The zero-order valence-corrected chi connectivity index (χ0v) is 24.2. The summed E-state index contributed by atoms with van der Waals surface area (Å²) in [5.41, 5.74) is 4.46. The molecule has 1 unspecified atom stereocenters. The number of nitrogens with one attached hydrogen (secondary N) is 1. The van der Waals surface area contributed by atoms with Gasteiger partial charge in [-0.25, -0.2) is 0 Å². The number of rotatable bonds is 8. The Morgan fingerprint density at radius 3 is 2.33 bits per heavy atom. The summed E-state index contributed by atoms with van der Waals surface area (Å²) in [5.74, 6) is -0.874. The topological polar surface area (TPSA) is 87.7 Å². The SMILES string of the molecule is O=C(NCCc1ccc(-c2ccccc2)cc1)c1ccc(Oc2cc3c(cc2Cl)C(C(=O)[O-])CCO3)cc1.[Na+]. The number of aliphatic carboxylic acids is 1. The number of carbonyl (C=O) groups excluding carboxylic acids is 2. The van der Waals surface area contributed by atoms with E-state index < -0.39 is 11.9 Å². The predicted molar refractivity (Wildman–Crippen MR) is 144 cm³/mol. The van der Waals surface area contributed by atoms with Gasteiger partial charge < -0.3 is 24.7 Å². The maximum absolute atomic E-state index is 12.6. The van der Waals surface area contributed by atoms with E-state index in [9.17, 15) is 14.7 Å². The molecule has 1 amide bonds. The van der Waals surface area contributed by atoms with Crippen LogP contribution in [0.25, 0.3) is 11.1 Å². The summed E-state index contributed by atoms with van der Waals surface area (Å²) >= 11 is 6.35. The minimum atomic E-state index is -1.16. The minimum absolute atomic E-state index is 0. The molecule has 5 rings (SSSR count). The molecule has 4 aromatic carbocycles. The second-order valence-corrected chi connectivity index (χ2v) is 9.43. The van der Waals surface area contributed by atoms with Crippen LogP contribution in [0.15, 0.2) is 91.0 Å². The molecule has 0 bridgehead atoms. The summed E-state index contributed by atoms with van der Waals surface area (Å²) in [6, 6.07) is 28.4. The fourth-order valence-electron chi connectivity index (χ4n) is 4.43. The van der Waals surface area contributed by atoms with Crippen molar-refractivity contribution in [2.45, 2.75) is 18.8 Å². The van der Waals surface area contributed by atoms with Crippen molar-refractivity contribution in [2.24, 2.45) is 0 Å². The Hall–Kier alpha value is -3.29. The number of hydrogen-bond acceptors (Lipinski definition) is 5.